The molecule has 32 heavy (non-hydrogen) atoms. The van der Waals surface area contributed by atoms with E-state index in [0.29, 0.717) is 13.2 Å². The van der Waals surface area contributed by atoms with Crippen molar-refractivity contribution in [1.82, 2.24) is 5.32 Å². The minimum absolute atomic E-state index is 0.188. The van der Waals surface area contributed by atoms with Gasteiger partial charge in [-0.1, -0.05) is 36.4 Å². The summed E-state index contributed by atoms with van der Waals surface area (Å²) in [6.45, 7) is 2.92. The number of aryl methyl sites for hydroxylation is 1. The van der Waals surface area contributed by atoms with E-state index in [2.05, 4.69) is 12.2 Å². The van der Waals surface area contributed by atoms with Gasteiger partial charge in [0.1, 0.15) is 18.1 Å². The third kappa shape index (κ3) is 7.11. The molecule has 0 aliphatic heterocycles. The molecule has 168 valence electrons. The maximum atomic E-state index is 10.9. The first-order chi connectivity index (χ1) is 15.4. The smallest absolute Gasteiger partial charge is 0.335 e. The third-order valence-electron chi connectivity index (χ3n) is 5.33. The van der Waals surface area contributed by atoms with E-state index in [1.165, 1.54) is 5.56 Å². The van der Waals surface area contributed by atoms with Gasteiger partial charge in [0.05, 0.1) is 11.7 Å². The molecular formula is C26H29NO5. The lowest BCUT2D eigenvalue weighted by Crippen LogP contribution is -2.30. The molecule has 6 nitrogen and oxygen atoms in total. The van der Waals surface area contributed by atoms with Crippen LogP contribution in [0.4, 0.5) is 0 Å². The summed E-state index contributed by atoms with van der Waals surface area (Å²) in [7, 11) is 0. The number of aliphatic hydroxyl groups is 1. The van der Waals surface area contributed by atoms with Crippen LogP contribution in [0, 0.1) is 0 Å². The Balaban J connectivity index is 1.39. The standard InChI is InChI=1S/C26H29NO5/c1-18(27-16-25(29)21-10-12-23(28)13-11-21)2-3-19-6-14-24(15-7-19)32-17-20-4-8-22(9-5-20)26(30)31/h4-15,18,25,27-29H,2-3,16-17H2,1H3,(H,30,31). The van der Waals surface area contributed by atoms with Gasteiger partial charge in [0.2, 0.25) is 0 Å². The van der Waals surface area contributed by atoms with Crippen LogP contribution in [0.5, 0.6) is 11.5 Å². The fraction of sp³-hybridized carbons (Fsp3) is 0.269. The molecule has 0 saturated carbocycles. The van der Waals surface area contributed by atoms with E-state index in [1.807, 2.05) is 24.3 Å². The third-order valence-corrected chi connectivity index (χ3v) is 5.33. The Hall–Kier alpha value is -3.35. The van der Waals surface area contributed by atoms with Gasteiger partial charge in [-0.2, -0.15) is 0 Å². The number of hydrogen-bond donors (Lipinski definition) is 4. The molecule has 2 atom stereocenters. The minimum atomic E-state index is -0.939. The Morgan fingerprint density at radius 1 is 0.938 bits per heavy atom. The molecule has 3 rings (SSSR count). The summed E-state index contributed by atoms with van der Waals surface area (Å²) in [6.07, 6.45) is 1.22. The second-order valence-electron chi connectivity index (χ2n) is 7.89. The van der Waals surface area contributed by atoms with Crippen molar-refractivity contribution in [3.05, 3.63) is 95.1 Å². The number of phenolic OH excluding ortho intramolecular Hbond substituents is 1. The molecule has 0 spiro atoms. The number of hydrogen-bond acceptors (Lipinski definition) is 5. The minimum Gasteiger partial charge on any atom is -0.508 e. The highest BCUT2D eigenvalue weighted by atomic mass is 16.5. The molecule has 0 saturated heterocycles. The Kier molecular flexibility index (Phi) is 8.25. The van der Waals surface area contributed by atoms with E-state index >= 15 is 0 Å². The van der Waals surface area contributed by atoms with Crippen molar-refractivity contribution >= 4 is 5.97 Å². The summed E-state index contributed by atoms with van der Waals surface area (Å²) >= 11 is 0. The lowest BCUT2D eigenvalue weighted by molar-refractivity contribution is 0.0697. The van der Waals surface area contributed by atoms with E-state index < -0.39 is 12.1 Å². The number of phenols is 1. The van der Waals surface area contributed by atoms with Crippen LogP contribution in [0.25, 0.3) is 0 Å². The fourth-order valence-corrected chi connectivity index (χ4v) is 3.27. The molecule has 0 bridgehead atoms. The lowest BCUT2D eigenvalue weighted by Gasteiger charge is -2.17. The predicted molar refractivity (Wildman–Crippen MR) is 123 cm³/mol. The van der Waals surface area contributed by atoms with E-state index in [-0.39, 0.29) is 17.4 Å². The zero-order valence-corrected chi connectivity index (χ0v) is 18.1. The predicted octanol–water partition coefficient (Wildman–Crippen LogP) is 4.31. The number of carboxylic acid groups (broad SMARTS) is 1. The molecule has 3 aromatic rings. The van der Waals surface area contributed by atoms with Gasteiger partial charge in [0, 0.05) is 12.6 Å². The van der Waals surface area contributed by atoms with Crippen LogP contribution < -0.4 is 10.1 Å². The molecule has 4 N–H and O–H groups in total. The fourth-order valence-electron chi connectivity index (χ4n) is 3.27. The van der Waals surface area contributed by atoms with Crippen molar-refractivity contribution in [2.24, 2.45) is 0 Å². The molecule has 3 aromatic carbocycles. The SMILES string of the molecule is CC(CCc1ccc(OCc2ccc(C(=O)O)cc2)cc1)NCC(O)c1ccc(O)cc1. The van der Waals surface area contributed by atoms with E-state index in [9.17, 15) is 15.0 Å². The number of carboxylic acids is 1. The van der Waals surface area contributed by atoms with Gasteiger partial charge in [0.25, 0.3) is 0 Å². The first-order valence-electron chi connectivity index (χ1n) is 10.6. The van der Waals surface area contributed by atoms with Crippen LogP contribution in [0.2, 0.25) is 0 Å². The van der Waals surface area contributed by atoms with Crippen LogP contribution in [-0.4, -0.2) is 33.9 Å². The summed E-state index contributed by atoms with van der Waals surface area (Å²) in [6, 6.07) is 21.5. The van der Waals surface area contributed by atoms with Gasteiger partial charge in [0.15, 0.2) is 0 Å². The summed E-state index contributed by atoms with van der Waals surface area (Å²) in [5.74, 6) is 0.0124. The molecule has 0 aliphatic rings. The summed E-state index contributed by atoms with van der Waals surface area (Å²) in [5, 5.41) is 31.9. The van der Waals surface area contributed by atoms with Gasteiger partial charge >= 0.3 is 5.97 Å². The number of carbonyl (C=O) groups is 1. The van der Waals surface area contributed by atoms with Gasteiger partial charge in [-0.05, 0) is 72.9 Å². The van der Waals surface area contributed by atoms with Crippen molar-refractivity contribution in [2.45, 2.75) is 38.5 Å². The van der Waals surface area contributed by atoms with Crippen molar-refractivity contribution in [3.63, 3.8) is 0 Å². The molecule has 0 aromatic heterocycles. The Morgan fingerprint density at radius 3 is 2.19 bits per heavy atom. The second-order valence-corrected chi connectivity index (χ2v) is 7.89. The highest BCUT2D eigenvalue weighted by Gasteiger charge is 2.10. The Bertz CT molecular complexity index is 984. The van der Waals surface area contributed by atoms with Crippen molar-refractivity contribution in [2.75, 3.05) is 6.54 Å². The van der Waals surface area contributed by atoms with E-state index in [0.717, 1.165) is 29.7 Å². The van der Waals surface area contributed by atoms with Gasteiger partial charge in [-0.25, -0.2) is 4.79 Å². The van der Waals surface area contributed by atoms with Crippen molar-refractivity contribution in [3.8, 4) is 11.5 Å². The average molecular weight is 436 g/mol. The van der Waals surface area contributed by atoms with E-state index in [1.54, 1.807) is 48.5 Å². The monoisotopic (exact) mass is 435 g/mol. The number of nitrogens with one attached hydrogen (secondary N) is 1. The molecule has 0 amide bonds. The van der Waals surface area contributed by atoms with Crippen LogP contribution in [0.3, 0.4) is 0 Å². The van der Waals surface area contributed by atoms with Crippen LogP contribution in [0.1, 0.15) is 46.5 Å². The molecule has 0 aliphatic carbocycles. The molecule has 2 unspecified atom stereocenters. The van der Waals surface area contributed by atoms with Crippen molar-refractivity contribution in [1.29, 1.82) is 0 Å². The largest absolute Gasteiger partial charge is 0.508 e. The highest BCUT2D eigenvalue weighted by molar-refractivity contribution is 5.87. The maximum Gasteiger partial charge on any atom is 0.335 e. The molecule has 0 fully saturated rings. The molecule has 6 heteroatoms. The topological polar surface area (TPSA) is 99.0 Å². The number of aromatic hydroxyl groups is 1. The first-order valence-corrected chi connectivity index (χ1v) is 10.6. The summed E-state index contributed by atoms with van der Waals surface area (Å²) < 4.78 is 5.78. The van der Waals surface area contributed by atoms with Gasteiger partial charge in [-0.3, -0.25) is 0 Å². The van der Waals surface area contributed by atoms with Crippen LogP contribution in [0.15, 0.2) is 72.8 Å². The maximum absolute atomic E-state index is 10.9. The normalized spacial score (nSPS) is 12.8. The van der Waals surface area contributed by atoms with Gasteiger partial charge in [-0.15, -0.1) is 0 Å². The number of rotatable bonds is 11. The number of benzene rings is 3. The Labute approximate surface area is 188 Å². The zero-order chi connectivity index (χ0) is 22.9. The quantitative estimate of drug-likeness (QED) is 0.358. The summed E-state index contributed by atoms with van der Waals surface area (Å²) in [5.41, 5.74) is 3.15. The first kappa shape index (κ1) is 23.3. The Morgan fingerprint density at radius 2 is 1.56 bits per heavy atom. The van der Waals surface area contributed by atoms with Gasteiger partial charge < -0.3 is 25.4 Å². The highest BCUT2D eigenvalue weighted by Crippen LogP contribution is 2.18. The zero-order valence-electron chi connectivity index (χ0n) is 18.1. The number of aliphatic hydroxyl groups excluding tert-OH is 1. The molecule has 0 heterocycles. The van der Waals surface area contributed by atoms with Crippen LogP contribution in [-0.2, 0) is 13.0 Å². The molecular weight excluding hydrogens is 406 g/mol. The number of aromatic carboxylic acids is 1. The number of ether oxygens (including phenoxy) is 1. The molecule has 0 radical (unpaired) electrons. The summed E-state index contributed by atoms with van der Waals surface area (Å²) in [4.78, 5) is 10.9. The van der Waals surface area contributed by atoms with Crippen LogP contribution >= 0.6 is 0 Å². The van der Waals surface area contributed by atoms with Crippen molar-refractivity contribution < 1.29 is 24.9 Å². The average Bonchev–Trinajstić information content (AvgIpc) is 2.81. The lowest BCUT2D eigenvalue weighted by atomic mass is 10.1. The van der Waals surface area contributed by atoms with E-state index in [4.69, 9.17) is 9.84 Å². The second kappa shape index (κ2) is 11.3.